The molecule has 0 radical (unpaired) electrons. The van der Waals surface area contributed by atoms with E-state index < -0.39 is 5.25 Å². The van der Waals surface area contributed by atoms with Crippen LogP contribution in [0.5, 0.6) is 0 Å². The van der Waals surface area contributed by atoms with E-state index in [2.05, 4.69) is 16.0 Å². The number of esters is 1. The van der Waals surface area contributed by atoms with Crippen LogP contribution in [0.15, 0.2) is 89.8 Å². The molecule has 0 saturated carbocycles. The standard InChI is InChI=1S/C32H31N3O3S3/c1-2-38-31(37)27-25-18-9-10-19-26(25)41-30(27)35-29(36)28(21-12-5-3-6-13-21)40-24-17-11-16-23(20-24)34-32(39)33-22-14-7-4-8-15-22/h3-8,11-17,20,28H,2,9-10,18-19H2,1H3,(H,35,36)(H2,33,34,39). The molecule has 0 bridgehead atoms. The van der Waals surface area contributed by atoms with E-state index in [1.165, 1.54) is 23.1 Å². The molecular weight excluding hydrogens is 571 g/mol. The number of fused-ring (bicyclic) bond motifs is 1. The van der Waals surface area contributed by atoms with Crippen LogP contribution < -0.4 is 16.0 Å². The van der Waals surface area contributed by atoms with Crippen LogP contribution in [0, 0.1) is 0 Å². The lowest BCUT2D eigenvalue weighted by molar-refractivity contribution is -0.115. The van der Waals surface area contributed by atoms with Crippen LogP contribution in [0.2, 0.25) is 0 Å². The lowest BCUT2D eigenvalue weighted by Gasteiger charge is -2.18. The number of benzene rings is 3. The zero-order valence-electron chi connectivity index (χ0n) is 22.6. The largest absolute Gasteiger partial charge is 0.462 e. The van der Waals surface area contributed by atoms with Gasteiger partial charge in [0.25, 0.3) is 0 Å². The number of rotatable bonds is 9. The molecule has 1 atom stereocenters. The first-order valence-electron chi connectivity index (χ1n) is 13.6. The Kier molecular flexibility index (Phi) is 9.71. The van der Waals surface area contributed by atoms with E-state index >= 15 is 0 Å². The van der Waals surface area contributed by atoms with Gasteiger partial charge in [-0.25, -0.2) is 4.79 Å². The van der Waals surface area contributed by atoms with Crippen molar-refractivity contribution in [2.24, 2.45) is 0 Å². The maximum atomic E-state index is 13.9. The number of hydrogen-bond donors (Lipinski definition) is 3. The van der Waals surface area contributed by atoms with E-state index in [1.807, 2.05) is 84.9 Å². The van der Waals surface area contributed by atoms with Crippen molar-refractivity contribution in [2.75, 3.05) is 22.6 Å². The third-order valence-electron chi connectivity index (χ3n) is 6.61. The summed E-state index contributed by atoms with van der Waals surface area (Å²) < 4.78 is 5.39. The summed E-state index contributed by atoms with van der Waals surface area (Å²) in [6, 6.07) is 27.2. The molecule has 1 unspecified atom stereocenters. The lowest BCUT2D eigenvalue weighted by atomic mass is 9.95. The minimum atomic E-state index is -0.546. The molecule has 41 heavy (non-hydrogen) atoms. The van der Waals surface area contributed by atoms with Gasteiger partial charge in [0.1, 0.15) is 10.3 Å². The van der Waals surface area contributed by atoms with Crippen molar-refractivity contribution < 1.29 is 14.3 Å². The Morgan fingerprint density at radius 1 is 0.902 bits per heavy atom. The van der Waals surface area contributed by atoms with E-state index in [0.29, 0.717) is 15.7 Å². The summed E-state index contributed by atoms with van der Waals surface area (Å²) in [6.07, 6.45) is 3.86. The number of para-hydroxylation sites is 1. The maximum absolute atomic E-state index is 13.9. The molecule has 0 fully saturated rings. The van der Waals surface area contributed by atoms with Gasteiger partial charge in [-0.2, -0.15) is 0 Å². The smallest absolute Gasteiger partial charge is 0.341 e. The van der Waals surface area contributed by atoms with Gasteiger partial charge < -0.3 is 20.7 Å². The van der Waals surface area contributed by atoms with Crippen LogP contribution in [-0.2, 0) is 22.4 Å². The van der Waals surface area contributed by atoms with Crippen molar-refractivity contribution in [1.29, 1.82) is 0 Å². The van der Waals surface area contributed by atoms with Crippen LogP contribution in [0.1, 0.15) is 51.4 Å². The van der Waals surface area contributed by atoms with Crippen LogP contribution in [0.3, 0.4) is 0 Å². The second-order valence-electron chi connectivity index (χ2n) is 9.51. The first-order valence-corrected chi connectivity index (χ1v) is 15.7. The fraction of sp³-hybridized carbons (Fsp3) is 0.219. The summed E-state index contributed by atoms with van der Waals surface area (Å²) in [6.45, 7) is 2.08. The minimum absolute atomic E-state index is 0.190. The molecule has 3 aromatic carbocycles. The second kappa shape index (κ2) is 13.8. The monoisotopic (exact) mass is 601 g/mol. The van der Waals surface area contributed by atoms with Crippen molar-refractivity contribution in [1.82, 2.24) is 0 Å². The van der Waals surface area contributed by atoms with Crippen LogP contribution in [-0.4, -0.2) is 23.6 Å². The van der Waals surface area contributed by atoms with Gasteiger partial charge in [-0.1, -0.05) is 54.6 Å². The van der Waals surface area contributed by atoms with Gasteiger partial charge >= 0.3 is 5.97 Å². The molecule has 1 aliphatic rings. The Labute approximate surface area is 253 Å². The van der Waals surface area contributed by atoms with Crippen LogP contribution in [0.25, 0.3) is 0 Å². The number of nitrogens with one attached hydrogen (secondary N) is 3. The molecule has 0 saturated heterocycles. The summed E-state index contributed by atoms with van der Waals surface area (Å²) in [4.78, 5) is 28.9. The van der Waals surface area contributed by atoms with E-state index in [-0.39, 0.29) is 18.5 Å². The summed E-state index contributed by atoms with van der Waals surface area (Å²) in [5.41, 5.74) is 4.12. The topological polar surface area (TPSA) is 79.5 Å². The summed E-state index contributed by atoms with van der Waals surface area (Å²) in [5.74, 6) is -0.560. The fourth-order valence-corrected chi connectivity index (χ4v) is 7.35. The second-order valence-corrected chi connectivity index (χ2v) is 12.2. The molecule has 210 valence electrons. The van der Waals surface area contributed by atoms with Gasteiger partial charge in [0.2, 0.25) is 5.91 Å². The molecule has 5 rings (SSSR count). The van der Waals surface area contributed by atoms with E-state index in [0.717, 1.165) is 58.0 Å². The van der Waals surface area contributed by atoms with Gasteiger partial charge in [0, 0.05) is 21.1 Å². The molecule has 1 aromatic heterocycles. The minimum Gasteiger partial charge on any atom is -0.462 e. The Hall–Kier alpha value is -3.66. The van der Waals surface area contributed by atoms with E-state index in [9.17, 15) is 9.59 Å². The normalized spacial score (nSPS) is 13.0. The van der Waals surface area contributed by atoms with Gasteiger partial charge in [0.15, 0.2) is 5.11 Å². The zero-order chi connectivity index (χ0) is 28.6. The van der Waals surface area contributed by atoms with Gasteiger partial charge in [0.05, 0.1) is 12.2 Å². The SMILES string of the molecule is CCOC(=O)c1c(NC(=O)C(Sc2cccc(NC(=S)Nc3ccccc3)c2)c2ccccc2)sc2c1CCCC2. The van der Waals surface area contributed by atoms with Crippen LogP contribution >= 0.6 is 35.3 Å². The number of anilines is 3. The van der Waals surface area contributed by atoms with Crippen LogP contribution in [0.4, 0.5) is 16.4 Å². The van der Waals surface area contributed by atoms with Gasteiger partial charge in [-0.15, -0.1) is 23.1 Å². The number of carbonyl (C=O) groups is 2. The Balaban J connectivity index is 1.37. The first kappa shape index (κ1) is 28.9. The van der Waals surface area contributed by atoms with Gasteiger partial charge in [-0.05, 0) is 86.3 Å². The molecule has 9 heteroatoms. The zero-order valence-corrected chi connectivity index (χ0v) is 25.1. The quantitative estimate of drug-likeness (QED) is 0.102. The highest BCUT2D eigenvalue weighted by atomic mass is 32.2. The molecule has 1 heterocycles. The summed E-state index contributed by atoms with van der Waals surface area (Å²) >= 11 is 8.45. The molecule has 1 aliphatic carbocycles. The Bertz CT molecular complexity index is 1520. The first-order chi connectivity index (χ1) is 20.0. The predicted octanol–water partition coefficient (Wildman–Crippen LogP) is 8.08. The molecule has 0 aliphatic heterocycles. The average Bonchev–Trinajstić information content (AvgIpc) is 3.35. The van der Waals surface area contributed by atoms with Gasteiger partial charge in [-0.3, -0.25) is 4.79 Å². The number of ether oxygens (including phenoxy) is 1. The highest BCUT2D eigenvalue weighted by Crippen LogP contribution is 2.41. The Morgan fingerprint density at radius 2 is 1.59 bits per heavy atom. The molecule has 3 N–H and O–H groups in total. The number of thiophene rings is 1. The number of thiocarbonyl (C=S) groups is 1. The predicted molar refractivity (Wildman–Crippen MR) is 173 cm³/mol. The highest BCUT2D eigenvalue weighted by Gasteiger charge is 2.30. The maximum Gasteiger partial charge on any atom is 0.341 e. The third kappa shape index (κ3) is 7.35. The van der Waals surface area contributed by atoms with Crippen molar-refractivity contribution in [2.45, 2.75) is 42.8 Å². The van der Waals surface area contributed by atoms with Crippen molar-refractivity contribution in [3.8, 4) is 0 Å². The van der Waals surface area contributed by atoms with Crippen molar-refractivity contribution in [3.63, 3.8) is 0 Å². The van der Waals surface area contributed by atoms with Crippen molar-refractivity contribution in [3.05, 3.63) is 106 Å². The number of aryl methyl sites for hydroxylation is 1. The molecule has 0 spiro atoms. The molecule has 4 aromatic rings. The number of hydrogen-bond acceptors (Lipinski definition) is 6. The lowest BCUT2D eigenvalue weighted by Crippen LogP contribution is -2.20. The summed E-state index contributed by atoms with van der Waals surface area (Å²) in [5, 5.41) is 10.0. The third-order valence-corrected chi connectivity index (χ3v) is 9.26. The highest BCUT2D eigenvalue weighted by molar-refractivity contribution is 8.00. The Morgan fingerprint density at radius 3 is 2.34 bits per heavy atom. The molecule has 6 nitrogen and oxygen atoms in total. The average molecular weight is 602 g/mol. The molecule has 1 amide bonds. The van der Waals surface area contributed by atoms with E-state index in [4.69, 9.17) is 17.0 Å². The van der Waals surface area contributed by atoms with E-state index in [1.54, 1.807) is 6.92 Å². The fourth-order valence-electron chi connectivity index (χ4n) is 4.75. The molecular formula is C32H31N3O3S3. The summed E-state index contributed by atoms with van der Waals surface area (Å²) in [7, 11) is 0. The van der Waals surface area contributed by atoms with Crippen molar-refractivity contribution >= 4 is 68.7 Å². The number of carbonyl (C=O) groups excluding carboxylic acids is 2. The number of thioether (sulfide) groups is 1. The number of amides is 1.